The zero-order chi connectivity index (χ0) is 20.6. The average Bonchev–Trinajstić information content (AvgIpc) is 2.74. The molecule has 0 fully saturated rings. The molecule has 1 amide bonds. The monoisotopic (exact) mass is 394 g/mol. The van der Waals surface area contributed by atoms with Crippen molar-refractivity contribution >= 4 is 23.4 Å². The zero-order valence-electron chi connectivity index (χ0n) is 15.7. The Labute approximate surface area is 167 Å². The molecule has 1 aromatic heterocycles. The summed E-state index contributed by atoms with van der Waals surface area (Å²) in [5.74, 6) is -0.882. The van der Waals surface area contributed by atoms with Crippen molar-refractivity contribution < 1.29 is 18.7 Å². The summed E-state index contributed by atoms with van der Waals surface area (Å²) in [7, 11) is 0. The minimum absolute atomic E-state index is 0.125. The highest BCUT2D eigenvalue weighted by Crippen LogP contribution is 2.17. The number of aromatic nitrogens is 2. The molecule has 0 saturated carbocycles. The van der Waals surface area contributed by atoms with E-state index in [9.17, 15) is 14.0 Å². The number of halogens is 1. The van der Waals surface area contributed by atoms with Gasteiger partial charge in [0.2, 0.25) is 0 Å². The fourth-order valence-electron chi connectivity index (χ4n) is 2.54. The Bertz CT molecular complexity index is 1010. The van der Waals surface area contributed by atoms with Crippen LogP contribution in [0.1, 0.15) is 33.3 Å². The van der Waals surface area contributed by atoms with E-state index in [2.05, 4.69) is 20.6 Å². The first-order valence-electron chi connectivity index (χ1n) is 8.94. The fraction of sp³-hybridized carbons (Fsp3) is 0.143. The van der Waals surface area contributed by atoms with Crippen LogP contribution in [0.4, 0.5) is 15.9 Å². The summed E-state index contributed by atoms with van der Waals surface area (Å²) in [6.45, 7) is 2.35. The molecule has 0 spiro atoms. The standard InChI is InChI=1S/C21H19FN4O3/c1-2-29-21(28)16-5-3-4-6-17(16)26-20(27)18-11-19(25-13-24-18)23-12-14-7-9-15(22)10-8-14/h3-11,13H,2,12H2,1H3,(H,26,27)(H,23,24,25). The van der Waals surface area contributed by atoms with Gasteiger partial charge in [0.1, 0.15) is 23.7 Å². The van der Waals surface area contributed by atoms with Gasteiger partial charge in [-0.1, -0.05) is 24.3 Å². The first kappa shape index (κ1) is 19.9. The third kappa shape index (κ3) is 5.35. The topological polar surface area (TPSA) is 93.2 Å². The molecule has 3 rings (SSSR count). The fourth-order valence-corrected chi connectivity index (χ4v) is 2.54. The number of carbonyl (C=O) groups excluding carboxylic acids is 2. The van der Waals surface area contributed by atoms with Crippen LogP contribution in [0.5, 0.6) is 0 Å². The zero-order valence-corrected chi connectivity index (χ0v) is 15.7. The first-order valence-corrected chi connectivity index (χ1v) is 8.94. The quantitative estimate of drug-likeness (QED) is 0.594. The van der Waals surface area contributed by atoms with Crippen molar-refractivity contribution in [3.05, 3.63) is 83.6 Å². The molecule has 0 unspecified atom stereocenters. The Morgan fingerprint density at radius 3 is 2.59 bits per heavy atom. The molecular weight excluding hydrogens is 375 g/mol. The SMILES string of the molecule is CCOC(=O)c1ccccc1NC(=O)c1cc(NCc2ccc(F)cc2)ncn1. The predicted molar refractivity (Wildman–Crippen MR) is 106 cm³/mol. The van der Waals surface area contributed by atoms with Crippen molar-refractivity contribution in [3.63, 3.8) is 0 Å². The van der Waals surface area contributed by atoms with E-state index in [0.29, 0.717) is 18.1 Å². The van der Waals surface area contributed by atoms with E-state index >= 15 is 0 Å². The number of carbonyl (C=O) groups is 2. The summed E-state index contributed by atoms with van der Waals surface area (Å²) in [6, 6.07) is 14.1. The van der Waals surface area contributed by atoms with Gasteiger partial charge in [0, 0.05) is 12.6 Å². The van der Waals surface area contributed by atoms with Crippen molar-refractivity contribution in [2.45, 2.75) is 13.5 Å². The molecule has 0 radical (unpaired) electrons. The molecule has 0 aliphatic rings. The normalized spacial score (nSPS) is 10.3. The van der Waals surface area contributed by atoms with E-state index in [1.54, 1.807) is 43.3 Å². The number of para-hydroxylation sites is 1. The number of esters is 1. The Balaban J connectivity index is 1.70. The van der Waals surface area contributed by atoms with Crippen molar-refractivity contribution in [1.29, 1.82) is 0 Å². The van der Waals surface area contributed by atoms with Crippen LogP contribution in [0.2, 0.25) is 0 Å². The predicted octanol–water partition coefficient (Wildman–Crippen LogP) is 3.66. The second-order valence-corrected chi connectivity index (χ2v) is 5.99. The van der Waals surface area contributed by atoms with Crippen LogP contribution >= 0.6 is 0 Å². The van der Waals surface area contributed by atoms with Gasteiger partial charge in [0.25, 0.3) is 5.91 Å². The highest BCUT2D eigenvalue weighted by Gasteiger charge is 2.16. The molecule has 1 heterocycles. The summed E-state index contributed by atoms with van der Waals surface area (Å²) < 4.78 is 18.0. The van der Waals surface area contributed by atoms with Crippen LogP contribution in [0.25, 0.3) is 0 Å². The lowest BCUT2D eigenvalue weighted by Crippen LogP contribution is -2.17. The van der Waals surface area contributed by atoms with Crippen LogP contribution in [0.15, 0.2) is 60.9 Å². The van der Waals surface area contributed by atoms with Crippen LogP contribution in [0, 0.1) is 5.82 Å². The summed E-state index contributed by atoms with van der Waals surface area (Å²) in [5, 5.41) is 5.73. The molecule has 0 bridgehead atoms. The van der Waals surface area contributed by atoms with E-state index < -0.39 is 11.9 Å². The summed E-state index contributed by atoms with van der Waals surface area (Å²) in [6.07, 6.45) is 1.26. The van der Waals surface area contributed by atoms with E-state index in [0.717, 1.165) is 5.56 Å². The average molecular weight is 394 g/mol. The van der Waals surface area contributed by atoms with Gasteiger partial charge in [0.05, 0.1) is 17.9 Å². The molecule has 0 atom stereocenters. The minimum Gasteiger partial charge on any atom is -0.462 e. The van der Waals surface area contributed by atoms with E-state index in [4.69, 9.17) is 4.74 Å². The Hall–Kier alpha value is -3.81. The molecule has 3 aromatic rings. The van der Waals surface area contributed by atoms with Gasteiger partial charge >= 0.3 is 5.97 Å². The van der Waals surface area contributed by atoms with Gasteiger partial charge in [0.15, 0.2) is 0 Å². The third-order valence-electron chi connectivity index (χ3n) is 3.96. The number of nitrogens with zero attached hydrogens (tertiary/aromatic N) is 2. The van der Waals surface area contributed by atoms with Crippen LogP contribution < -0.4 is 10.6 Å². The third-order valence-corrected chi connectivity index (χ3v) is 3.96. The van der Waals surface area contributed by atoms with E-state index in [-0.39, 0.29) is 23.7 Å². The maximum absolute atomic E-state index is 13.0. The van der Waals surface area contributed by atoms with Gasteiger partial charge in [-0.05, 0) is 36.8 Å². The van der Waals surface area contributed by atoms with Crippen LogP contribution in [0.3, 0.4) is 0 Å². The van der Waals surface area contributed by atoms with Gasteiger partial charge < -0.3 is 15.4 Å². The minimum atomic E-state index is -0.521. The maximum Gasteiger partial charge on any atom is 0.340 e. The van der Waals surface area contributed by atoms with Gasteiger partial charge in [-0.15, -0.1) is 0 Å². The Morgan fingerprint density at radius 2 is 1.83 bits per heavy atom. The molecule has 29 heavy (non-hydrogen) atoms. The Morgan fingerprint density at radius 1 is 1.07 bits per heavy atom. The lowest BCUT2D eigenvalue weighted by molar-refractivity contribution is 0.0527. The molecule has 148 valence electrons. The van der Waals surface area contributed by atoms with Crippen molar-refractivity contribution in [3.8, 4) is 0 Å². The van der Waals surface area contributed by atoms with Crippen molar-refractivity contribution in [2.24, 2.45) is 0 Å². The van der Waals surface area contributed by atoms with Crippen LogP contribution in [-0.4, -0.2) is 28.5 Å². The molecule has 0 aliphatic heterocycles. The number of benzene rings is 2. The number of ether oxygens (including phenoxy) is 1. The number of nitrogens with one attached hydrogen (secondary N) is 2. The second-order valence-electron chi connectivity index (χ2n) is 5.99. The van der Waals surface area contributed by atoms with Crippen molar-refractivity contribution in [2.75, 3.05) is 17.2 Å². The number of amides is 1. The number of hydrogen-bond acceptors (Lipinski definition) is 6. The number of anilines is 2. The lowest BCUT2D eigenvalue weighted by atomic mass is 10.1. The largest absolute Gasteiger partial charge is 0.462 e. The molecule has 8 heteroatoms. The van der Waals surface area contributed by atoms with Crippen molar-refractivity contribution in [1.82, 2.24) is 9.97 Å². The molecular formula is C21H19FN4O3. The number of hydrogen-bond donors (Lipinski definition) is 2. The highest BCUT2D eigenvalue weighted by molar-refractivity contribution is 6.07. The lowest BCUT2D eigenvalue weighted by Gasteiger charge is -2.11. The van der Waals surface area contributed by atoms with Crippen LogP contribution in [-0.2, 0) is 11.3 Å². The van der Waals surface area contributed by atoms with Gasteiger partial charge in [-0.3, -0.25) is 4.79 Å². The smallest absolute Gasteiger partial charge is 0.340 e. The first-order chi connectivity index (χ1) is 14.1. The molecule has 0 saturated heterocycles. The van der Waals surface area contributed by atoms with Gasteiger partial charge in [-0.2, -0.15) is 0 Å². The summed E-state index contributed by atoms with van der Waals surface area (Å²) >= 11 is 0. The van der Waals surface area contributed by atoms with E-state index in [1.165, 1.54) is 24.5 Å². The summed E-state index contributed by atoms with van der Waals surface area (Å²) in [5.41, 5.74) is 1.57. The summed E-state index contributed by atoms with van der Waals surface area (Å²) in [4.78, 5) is 32.7. The number of rotatable bonds is 7. The molecule has 7 nitrogen and oxygen atoms in total. The highest BCUT2D eigenvalue weighted by atomic mass is 19.1. The molecule has 0 aliphatic carbocycles. The maximum atomic E-state index is 13.0. The van der Waals surface area contributed by atoms with E-state index in [1.807, 2.05) is 0 Å². The molecule has 2 aromatic carbocycles. The molecule has 2 N–H and O–H groups in total. The second kappa shape index (κ2) is 9.41. The Kier molecular flexibility index (Phi) is 6.47. The van der Waals surface area contributed by atoms with Gasteiger partial charge in [-0.25, -0.2) is 19.2 Å².